The number of carbonyl (C=O) groups excluding carboxylic acids is 1. The third kappa shape index (κ3) is 3.62. The molecular formula is C18H20ClN3O2. The first-order valence-electron chi connectivity index (χ1n) is 7.89. The Morgan fingerprint density at radius 2 is 1.92 bits per heavy atom. The van der Waals surface area contributed by atoms with Crippen LogP contribution in [-0.4, -0.2) is 49.1 Å². The van der Waals surface area contributed by atoms with Crippen LogP contribution in [0.5, 0.6) is 5.88 Å². The van der Waals surface area contributed by atoms with Crippen molar-refractivity contribution < 1.29 is 9.53 Å². The van der Waals surface area contributed by atoms with Crippen molar-refractivity contribution in [1.29, 1.82) is 0 Å². The topological polar surface area (TPSA) is 45.7 Å². The number of amides is 1. The van der Waals surface area contributed by atoms with Crippen LogP contribution in [-0.2, 0) is 0 Å². The molecule has 0 spiro atoms. The number of nitrogens with zero attached hydrogens (tertiary/aromatic N) is 3. The number of rotatable bonds is 3. The molecule has 0 N–H and O–H groups in total. The zero-order chi connectivity index (χ0) is 17.1. The minimum absolute atomic E-state index is 0.0403. The molecule has 0 saturated carbocycles. The maximum Gasteiger partial charge on any atom is 0.254 e. The van der Waals surface area contributed by atoms with Gasteiger partial charge in [0.05, 0.1) is 7.11 Å². The number of piperazine rings is 1. The summed E-state index contributed by atoms with van der Waals surface area (Å²) in [6.45, 7) is 5.06. The van der Waals surface area contributed by atoms with Crippen LogP contribution in [0.15, 0.2) is 36.4 Å². The minimum Gasteiger partial charge on any atom is -0.481 e. The van der Waals surface area contributed by atoms with E-state index in [2.05, 4.69) is 41.1 Å². The van der Waals surface area contributed by atoms with Gasteiger partial charge in [0, 0.05) is 43.5 Å². The van der Waals surface area contributed by atoms with Gasteiger partial charge in [-0.25, -0.2) is 4.98 Å². The molecule has 2 heterocycles. The van der Waals surface area contributed by atoms with E-state index in [0.29, 0.717) is 24.5 Å². The fraction of sp³-hybridized carbons (Fsp3) is 0.333. The van der Waals surface area contributed by atoms with E-state index >= 15 is 0 Å². The molecule has 2 aromatic rings. The van der Waals surface area contributed by atoms with Crippen LogP contribution < -0.4 is 9.64 Å². The number of aryl methyl sites for hydroxylation is 1. The predicted molar refractivity (Wildman–Crippen MR) is 95.1 cm³/mol. The Hall–Kier alpha value is -2.27. The van der Waals surface area contributed by atoms with Crippen molar-refractivity contribution >= 4 is 23.2 Å². The number of carbonyl (C=O) groups is 1. The molecule has 0 atom stereocenters. The number of halogens is 1. The number of ether oxygens (including phenoxy) is 1. The maximum atomic E-state index is 12.7. The van der Waals surface area contributed by atoms with Crippen molar-refractivity contribution in [1.82, 2.24) is 9.88 Å². The number of pyridine rings is 1. The van der Waals surface area contributed by atoms with Crippen LogP contribution in [0, 0.1) is 6.92 Å². The van der Waals surface area contributed by atoms with E-state index in [4.69, 9.17) is 16.3 Å². The zero-order valence-corrected chi connectivity index (χ0v) is 14.6. The minimum atomic E-state index is -0.0403. The summed E-state index contributed by atoms with van der Waals surface area (Å²) in [4.78, 5) is 20.8. The zero-order valence-electron chi connectivity index (χ0n) is 13.8. The fourth-order valence-electron chi connectivity index (χ4n) is 2.88. The second-order valence-corrected chi connectivity index (χ2v) is 6.23. The first-order valence-corrected chi connectivity index (χ1v) is 8.27. The lowest BCUT2D eigenvalue weighted by atomic mass is 10.1. The standard InChI is InChI=1S/C18H20ClN3O2/c1-13-4-3-5-15(10-13)21-6-8-22(9-7-21)18(23)14-11-16(19)20-17(12-14)24-2/h3-5,10-12H,6-9H2,1-2H3. The van der Waals surface area contributed by atoms with Gasteiger partial charge in [0.25, 0.3) is 5.91 Å². The number of hydrogen-bond acceptors (Lipinski definition) is 4. The van der Waals surface area contributed by atoms with Gasteiger partial charge in [-0.1, -0.05) is 23.7 Å². The summed E-state index contributed by atoms with van der Waals surface area (Å²) in [6.07, 6.45) is 0. The molecule has 1 saturated heterocycles. The average molecular weight is 346 g/mol. The first-order chi connectivity index (χ1) is 11.6. The predicted octanol–water partition coefficient (Wildman–Crippen LogP) is 3.01. The smallest absolute Gasteiger partial charge is 0.254 e. The highest BCUT2D eigenvalue weighted by molar-refractivity contribution is 6.29. The van der Waals surface area contributed by atoms with E-state index in [1.165, 1.54) is 18.4 Å². The van der Waals surface area contributed by atoms with Crippen LogP contribution in [0.25, 0.3) is 0 Å². The Labute approximate surface area is 146 Å². The van der Waals surface area contributed by atoms with Crippen LogP contribution in [0.1, 0.15) is 15.9 Å². The Bertz CT molecular complexity index is 743. The van der Waals surface area contributed by atoms with E-state index in [0.717, 1.165) is 13.1 Å². The molecule has 1 fully saturated rings. The summed E-state index contributed by atoms with van der Waals surface area (Å²) >= 11 is 5.96. The van der Waals surface area contributed by atoms with E-state index < -0.39 is 0 Å². The van der Waals surface area contributed by atoms with Crippen LogP contribution in [0.2, 0.25) is 5.15 Å². The van der Waals surface area contributed by atoms with Crippen molar-refractivity contribution in [3.8, 4) is 5.88 Å². The molecule has 6 heteroatoms. The summed E-state index contributed by atoms with van der Waals surface area (Å²) in [5.74, 6) is 0.311. The quantitative estimate of drug-likeness (QED) is 0.802. The highest BCUT2D eigenvalue weighted by Crippen LogP contribution is 2.21. The normalized spacial score (nSPS) is 14.6. The monoisotopic (exact) mass is 345 g/mol. The number of aromatic nitrogens is 1. The first kappa shape index (κ1) is 16.6. The van der Waals surface area contributed by atoms with Gasteiger partial charge < -0.3 is 14.5 Å². The molecule has 3 rings (SSSR count). The molecule has 126 valence electrons. The van der Waals surface area contributed by atoms with Gasteiger partial charge in [-0.3, -0.25) is 4.79 Å². The molecule has 1 aliphatic rings. The van der Waals surface area contributed by atoms with Gasteiger partial charge in [-0.05, 0) is 30.7 Å². The lowest BCUT2D eigenvalue weighted by Crippen LogP contribution is -2.48. The lowest BCUT2D eigenvalue weighted by molar-refractivity contribution is 0.0746. The molecule has 0 aliphatic carbocycles. The summed E-state index contributed by atoms with van der Waals surface area (Å²) in [5, 5.41) is 0.260. The third-order valence-corrected chi connectivity index (χ3v) is 4.35. The number of methoxy groups -OCH3 is 1. The van der Waals surface area contributed by atoms with Crippen molar-refractivity contribution in [2.45, 2.75) is 6.92 Å². The van der Waals surface area contributed by atoms with Crippen molar-refractivity contribution in [3.63, 3.8) is 0 Å². The molecule has 1 aliphatic heterocycles. The largest absolute Gasteiger partial charge is 0.481 e. The SMILES string of the molecule is COc1cc(C(=O)N2CCN(c3cccc(C)c3)CC2)cc(Cl)n1. The van der Waals surface area contributed by atoms with Crippen molar-refractivity contribution in [2.75, 3.05) is 38.2 Å². The van der Waals surface area contributed by atoms with E-state index in [9.17, 15) is 4.79 Å². The Kier molecular flexibility index (Phi) is 4.90. The van der Waals surface area contributed by atoms with Gasteiger partial charge in [-0.15, -0.1) is 0 Å². The number of hydrogen-bond donors (Lipinski definition) is 0. The molecule has 0 radical (unpaired) electrons. The third-order valence-electron chi connectivity index (χ3n) is 4.16. The molecule has 0 unspecified atom stereocenters. The second kappa shape index (κ2) is 7.09. The Morgan fingerprint density at radius 3 is 2.58 bits per heavy atom. The summed E-state index contributed by atoms with van der Waals surface area (Å²) < 4.78 is 5.08. The highest BCUT2D eigenvalue weighted by atomic mass is 35.5. The Balaban J connectivity index is 1.68. The molecule has 0 bridgehead atoms. The van der Waals surface area contributed by atoms with Crippen molar-refractivity contribution in [3.05, 3.63) is 52.7 Å². The number of anilines is 1. The molecule has 1 aromatic heterocycles. The average Bonchev–Trinajstić information content (AvgIpc) is 2.60. The van der Waals surface area contributed by atoms with Crippen LogP contribution in [0.3, 0.4) is 0 Å². The van der Waals surface area contributed by atoms with E-state index in [1.54, 1.807) is 12.1 Å². The summed E-state index contributed by atoms with van der Waals surface area (Å²) in [6, 6.07) is 11.6. The lowest BCUT2D eigenvalue weighted by Gasteiger charge is -2.36. The molecule has 5 nitrogen and oxygen atoms in total. The summed E-state index contributed by atoms with van der Waals surface area (Å²) in [5.41, 5.74) is 2.95. The maximum absolute atomic E-state index is 12.7. The Morgan fingerprint density at radius 1 is 1.17 bits per heavy atom. The van der Waals surface area contributed by atoms with E-state index in [-0.39, 0.29) is 11.1 Å². The van der Waals surface area contributed by atoms with Crippen LogP contribution >= 0.6 is 11.6 Å². The van der Waals surface area contributed by atoms with Gasteiger partial charge in [0.15, 0.2) is 0 Å². The fourth-order valence-corrected chi connectivity index (χ4v) is 3.08. The van der Waals surface area contributed by atoms with Gasteiger partial charge in [-0.2, -0.15) is 0 Å². The van der Waals surface area contributed by atoms with Gasteiger partial charge in [0.2, 0.25) is 5.88 Å². The van der Waals surface area contributed by atoms with Gasteiger partial charge in [0.1, 0.15) is 5.15 Å². The molecular weight excluding hydrogens is 326 g/mol. The highest BCUT2D eigenvalue weighted by Gasteiger charge is 2.23. The molecule has 1 aromatic carbocycles. The van der Waals surface area contributed by atoms with E-state index in [1.807, 2.05) is 4.90 Å². The van der Waals surface area contributed by atoms with Crippen LogP contribution in [0.4, 0.5) is 5.69 Å². The van der Waals surface area contributed by atoms with Crippen molar-refractivity contribution in [2.24, 2.45) is 0 Å². The van der Waals surface area contributed by atoms with Gasteiger partial charge >= 0.3 is 0 Å². The molecule has 1 amide bonds. The number of benzene rings is 1. The summed E-state index contributed by atoms with van der Waals surface area (Å²) in [7, 11) is 1.51. The second-order valence-electron chi connectivity index (χ2n) is 5.84. The molecule has 24 heavy (non-hydrogen) atoms.